The molecule has 2 atom stereocenters. The second-order valence-electron chi connectivity index (χ2n) is 7.20. The largest absolute Gasteiger partial charge is 0.376 e. The fourth-order valence-corrected chi connectivity index (χ4v) is 3.66. The summed E-state index contributed by atoms with van der Waals surface area (Å²) in [6, 6.07) is 3.97. The summed E-state index contributed by atoms with van der Waals surface area (Å²) in [6.45, 7) is 5.13. The Morgan fingerprint density at radius 3 is 2.73 bits per heavy atom. The molecule has 1 aromatic heterocycles. The zero-order valence-electron chi connectivity index (χ0n) is 15.7. The van der Waals surface area contributed by atoms with Crippen LogP contribution in [0.4, 0.5) is 4.79 Å². The number of hydrogen-bond acceptors (Lipinski definition) is 4. The third-order valence-electron chi connectivity index (χ3n) is 5.34. The fourth-order valence-electron chi connectivity index (χ4n) is 3.66. The number of carbonyl (C=O) groups is 1. The Bertz CT molecular complexity index is 540. The molecule has 6 nitrogen and oxygen atoms in total. The third kappa shape index (κ3) is 5.42. The molecule has 1 N–H and O–H groups in total. The van der Waals surface area contributed by atoms with Crippen molar-refractivity contribution in [3.05, 3.63) is 30.1 Å². The Hall–Kier alpha value is -1.66. The van der Waals surface area contributed by atoms with Gasteiger partial charge >= 0.3 is 6.03 Å². The second kappa shape index (κ2) is 9.88. The SMILES string of the molecule is CCC(NC(=O)N1CCC(OCC2CCCCO2)CC1)c1ccncc1. The molecule has 6 heteroatoms. The zero-order valence-corrected chi connectivity index (χ0v) is 15.7. The Morgan fingerprint density at radius 2 is 2.08 bits per heavy atom. The molecule has 0 bridgehead atoms. The number of urea groups is 1. The first-order valence-corrected chi connectivity index (χ1v) is 9.95. The van der Waals surface area contributed by atoms with Crippen molar-refractivity contribution in [1.29, 1.82) is 0 Å². The molecule has 1 aromatic rings. The Labute approximate surface area is 156 Å². The van der Waals surface area contributed by atoms with E-state index in [1.54, 1.807) is 12.4 Å². The highest BCUT2D eigenvalue weighted by atomic mass is 16.5. The van der Waals surface area contributed by atoms with Crippen molar-refractivity contribution in [2.45, 2.75) is 63.7 Å². The van der Waals surface area contributed by atoms with Gasteiger partial charge in [-0.15, -0.1) is 0 Å². The second-order valence-corrected chi connectivity index (χ2v) is 7.20. The van der Waals surface area contributed by atoms with E-state index in [2.05, 4.69) is 17.2 Å². The third-order valence-corrected chi connectivity index (χ3v) is 5.34. The average molecular weight is 361 g/mol. The number of amides is 2. The van der Waals surface area contributed by atoms with Crippen molar-refractivity contribution >= 4 is 6.03 Å². The first kappa shape index (κ1) is 19.1. The van der Waals surface area contributed by atoms with Crippen LogP contribution < -0.4 is 5.32 Å². The standard InChI is InChI=1S/C20H31N3O3/c1-2-19(16-6-10-21-11-7-16)22-20(24)23-12-8-17(9-13-23)26-15-18-5-3-4-14-25-18/h6-7,10-11,17-19H,2-5,8-9,12-15H2,1H3,(H,22,24). The molecule has 0 aliphatic carbocycles. The summed E-state index contributed by atoms with van der Waals surface area (Å²) in [5.74, 6) is 0. The van der Waals surface area contributed by atoms with Crippen LogP contribution in [0.15, 0.2) is 24.5 Å². The lowest BCUT2D eigenvalue weighted by atomic mass is 10.1. The molecule has 2 unspecified atom stereocenters. The smallest absolute Gasteiger partial charge is 0.317 e. The molecule has 26 heavy (non-hydrogen) atoms. The molecule has 3 heterocycles. The van der Waals surface area contributed by atoms with E-state index in [1.165, 1.54) is 12.8 Å². The predicted octanol–water partition coefficient (Wildman–Crippen LogP) is 3.29. The predicted molar refractivity (Wildman–Crippen MR) is 99.9 cm³/mol. The number of ether oxygens (including phenoxy) is 2. The summed E-state index contributed by atoms with van der Waals surface area (Å²) in [6.07, 6.45) is 10.2. The maximum Gasteiger partial charge on any atom is 0.317 e. The van der Waals surface area contributed by atoms with E-state index in [0.29, 0.717) is 6.61 Å². The van der Waals surface area contributed by atoms with Crippen molar-refractivity contribution in [2.75, 3.05) is 26.3 Å². The number of rotatable bonds is 6. The summed E-state index contributed by atoms with van der Waals surface area (Å²) in [4.78, 5) is 18.5. The maximum absolute atomic E-state index is 12.6. The Balaban J connectivity index is 1.40. The number of nitrogens with zero attached hydrogens (tertiary/aromatic N) is 2. The summed E-state index contributed by atoms with van der Waals surface area (Å²) < 4.78 is 11.8. The lowest BCUT2D eigenvalue weighted by Crippen LogP contribution is -2.47. The number of hydrogen-bond donors (Lipinski definition) is 1. The Morgan fingerprint density at radius 1 is 1.31 bits per heavy atom. The monoisotopic (exact) mass is 361 g/mol. The van der Waals surface area contributed by atoms with Gasteiger partial charge in [0, 0.05) is 32.1 Å². The summed E-state index contributed by atoms with van der Waals surface area (Å²) in [5, 5.41) is 3.15. The number of pyridine rings is 1. The van der Waals surface area contributed by atoms with Gasteiger partial charge in [-0.05, 0) is 56.2 Å². The molecule has 0 spiro atoms. The van der Waals surface area contributed by atoms with Gasteiger partial charge in [-0.1, -0.05) is 6.92 Å². The highest BCUT2D eigenvalue weighted by molar-refractivity contribution is 5.74. The van der Waals surface area contributed by atoms with E-state index < -0.39 is 0 Å². The van der Waals surface area contributed by atoms with Crippen LogP contribution in [-0.2, 0) is 9.47 Å². The van der Waals surface area contributed by atoms with Crippen molar-refractivity contribution in [3.63, 3.8) is 0 Å². The van der Waals surface area contributed by atoms with E-state index in [9.17, 15) is 4.79 Å². The van der Waals surface area contributed by atoms with Crippen LogP contribution in [-0.4, -0.2) is 54.4 Å². The van der Waals surface area contributed by atoms with Crippen molar-refractivity contribution in [1.82, 2.24) is 15.2 Å². The van der Waals surface area contributed by atoms with Gasteiger partial charge in [-0.2, -0.15) is 0 Å². The van der Waals surface area contributed by atoms with Gasteiger partial charge in [0.05, 0.1) is 24.9 Å². The molecule has 144 valence electrons. The van der Waals surface area contributed by atoms with Crippen LogP contribution in [0.2, 0.25) is 0 Å². The molecule has 2 aliphatic heterocycles. The van der Waals surface area contributed by atoms with Crippen LogP contribution in [0.25, 0.3) is 0 Å². The van der Waals surface area contributed by atoms with Gasteiger partial charge in [0.15, 0.2) is 0 Å². The fraction of sp³-hybridized carbons (Fsp3) is 0.700. The molecule has 2 aliphatic rings. The number of nitrogens with one attached hydrogen (secondary N) is 1. The van der Waals surface area contributed by atoms with Crippen LogP contribution in [0, 0.1) is 0 Å². The summed E-state index contributed by atoms with van der Waals surface area (Å²) >= 11 is 0. The van der Waals surface area contributed by atoms with Crippen LogP contribution in [0.5, 0.6) is 0 Å². The first-order valence-electron chi connectivity index (χ1n) is 9.95. The van der Waals surface area contributed by atoms with E-state index in [0.717, 1.165) is 50.9 Å². The molecular formula is C20H31N3O3. The number of piperidine rings is 1. The van der Waals surface area contributed by atoms with Gasteiger partial charge in [-0.3, -0.25) is 4.98 Å². The summed E-state index contributed by atoms with van der Waals surface area (Å²) in [7, 11) is 0. The van der Waals surface area contributed by atoms with Gasteiger partial charge in [0.1, 0.15) is 0 Å². The van der Waals surface area contributed by atoms with Gasteiger partial charge in [-0.25, -0.2) is 4.79 Å². The lowest BCUT2D eigenvalue weighted by molar-refractivity contribution is -0.0728. The van der Waals surface area contributed by atoms with Crippen molar-refractivity contribution in [3.8, 4) is 0 Å². The highest BCUT2D eigenvalue weighted by Gasteiger charge is 2.26. The molecule has 3 rings (SSSR count). The molecule has 2 amide bonds. The lowest BCUT2D eigenvalue weighted by Gasteiger charge is -2.34. The van der Waals surface area contributed by atoms with Gasteiger partial charge < -0.3 is 19.7 Å². The Kier molecular flexibility index (Phi) is 7.26. The minimum atomic E-state index is 0.0164. The van der Waals surface area contributed by atoms with Crippen LogP contribution in [0.1, 0.15) is 57.1 Å². The quantitative estimate of drug-likeness (QED) is 0.844. The van der Waals surface area contributed by atoms with E-state index in [-0.39, 0.29) is 24.3 Å². The number of aromatic nitrogens is 1. The zero-order chi connectivity index (χ0) is 18.2. The van der Waals surface area contributed by atoms with Crippen LogP contribution in [0.3, 0.4) is 0 Å². The maximum atomic E-state index is 12.6. The topological polar surface area (TPSA) is 63.7 Å². The molecule has 0 radical (unpaired) electrons. The van der Waals surface area contributed by atoms with Gasteiger partial charge in [0.2, 0.25) is 0 Å². The number of carbonyl (C=O) groups excluding carboxylic acids is 1. The van der Waals surface area contributed by atoms with Crippen LogP contribution >= 0.6 is 0 Å². The van der Waals surface area contributed by atoms with E-state index in [1.807, 2.05) is 17.0 Å². The van der Waals surface area contributed by atoms with Gasteiger partial charge in [0.25, 0.3) is 0 Å². The normalized spacial score (nSPS) is 22.8. The highest BCUT2D eigenvalue weighted by Crippen LogP contribution is 2.20. The van der Waals surface area contributed by atoms with Crippen molar-refractivity contribution < 1.29 is 14.3 Å². The molecular weight excluding hydrogens is 330 g/mol. The average Bonchev–Trinajstić information content (AvgIpc) is 2.72. The molecule has 2 fully saturated rings. The molecule has 0 saturated carbocycles. The minimum absolute atomic E-state index is 0.0164. The molecule has 0 aromatic carbocycles. The van der Waals surface area contributed by atoms with Crippen molar-refractivity contribution in [2.24, 2.45) is 0 Å². The molecule has 2 saturated heterocycles. The summed E-state index contributed by atoms with van der Waals surface area (Å²) in [5.41, 5.74) is 1.10. The number of likely N-dealkylation sites (tertiary alicyclic amines) is 1. The van der Waals surface area contributed by atoms with E-state index in [4.69, 9.17) is 9.47 Å². The van der Waals surface area contributed by atoms with E-state index >= 15 is 0 Å². The first-order chi connectivity index (χ1) is 12.8. The minimum Gasteiger partial charge on any atom is -0.376 e.